The van der Waals surface area contributed by atoms with Gasteiger partial charge in [0, 0.05) is 43.8 Å². The van der Waals surface area contributed by atoms with Gasteiger partial charge >= 0.3 is 5.97 Å². The Balaban J connectivity index is 1.83. The van der Waals surface area contributed by atoms with E-state index in [0.717, 1.165) is 37.1 Å². The van der Waals surface area contributed by atoms with Crippen LogP contribution >= 0.6 is 0 Å². The minimum atomic E-state index is -0.870. The number of nitrogens with zero attached hydrogens (tertiary/aromatic N) is 2. The first-order chi connectivity index (χ1) is 10.5. The van der Waals surface area contributed by atoms with Crippen LogP contribution in [0, 0.1) is 0 Å². The smallest absolute Gasteiger partial charge is 0.337 e. The summed E-state index contributed by atoms with van der Waals surface area (Å²) in [6.45, 7) is 7.47. The first-order valence-electron chi connectivity index (χ1n) is 7.63. The van der Waals surface area contributed by atoms with Crippen molar-refractivity contribution in [3.63, 3.8) is 0 Å². The van der Waals surface area contributed by atoms with Crippen molar-refractivity contribution < 1.29 is 14.6 Å². The number of fused-ring (bicyclic) bond motifs is 2. The van der Waals surface area contributed by atoms with Crippen LogP contribution in [-0.4, -0.2) is 39.8 Å². The maximum absolute atomic E-state index is 11.4. The van der Waals surface area contributed by atoms with Gasteiger partial charge in [0.2, 0.25) is 0 Å². The molecule has 0 fully saturated rings. The SMILES string of the molecule is CC(C)OCCN1Cc2cc3c(C(=O)O)cn(C)c3cc2C1. The van der Waals surface area contributed by atoms with E-state index in [1.165, 1.54) is 11.1 Å². The molecule has 2 heterocycles. The summed E-state index contributed by atoms with van der Waals surface area (Å²) in [6.07, 6.45) is 1.95. The van der Waals surface area contributed by atoms with Crippen LogP contribution in [0.5, 0.6) is 0 Å². The molecule has 0 unspecified atom stereocenters. The van der Waals surface area contributed by atoms with Crippen LogP contribution in [0.3, 0.4) is 0 Å². The molecule has 0 saturated carbocycles. The summed E-state index contributed by atoms with van der Waals surface area (Å²) in [5, 5.41) is 10.2. The highest BCUT2D eigenvalue weighted by Gasteiger charge is 2.22. The zero-order valence-electron chi connectivity index (χ0n) is 13.3. The largest absolute Gasteiger partial charge is 0.478 e. The number of hydrogen-bond acceptors (Lipinski definition) is 3. The van der Waals surface area contributed by atoms with Gasteiger partial charge in [-0.3, -0.25) is 4.90 Å². The van der Waals surface area contributed by atoms with Crippen LogP contribution < -0.4 is 0 Å². The highest BCUT2D eigenvalue weighted by molar-refractivity contribution is 6.03. The molecular formula is C17H22N2O3. The van der Waals surface area contributed by atoms with Crippen molar-refractivity contribution in [1.82, 2.24) is 9.47 Å². The van der Waals surface area contributed by atoms with Gasteiger partial charge in [-0.2, -0.15) is 0 Å². The molecule has 0 radical (unpaired) electrons. The molecule has 0 spiro atoms. The van der Waals surface area contributed by atoms with Crippen molar-refractivity contribution in [2.45, 2.75) is 33.0 Å². The van der Waals surface area contributed by atoms with Crippen LogP contribution in [0.15, 0.2) is 18.3 Å². The Morgan fingerprint density at radius 2 is 2.00 bits per heavy atom. The van der Waals surface area contributed by atoms with Gasteiger partial charge in [0.25, 0.3) is 0 Å². The van der Waals surface area contributed by atoms with Gasteiger partial charge in [0.05, 0.1) is 18.3 Å². The Bertz CT molecular complexity index is 718. The van der Waals surface area contributed by atoms with E-state index in [9.17, 15) is 9.90 Å². The lowest BCUT2D eigenvalue weighted by molar-refractivity contribution is 0.0584. The number of aromatic nitrogens is 1. The van der Waals surface area contributed by atoms with E-state index in [4.69, 9.17) is 4.74 Å². The van der Waals surface area contributed by atoms with Crippen molar-refractivity contribution in [3.05, 3.63) is 35.0 Å². The molecular weight excluding hydrogens is 280 g/mol. The Morgan fingerprint density at radius 1 is 1.32 bits per heavy atom. The molecule has 0 atom stereocenters. The lowest BCUT2D eigenvalue weighted by Crippen LogP contribution is -2.23. The minimum Gasteiger partial charge on any atom is -0.478 e. The van der Waals surface area contributed by atoms with Crippen LogP contribution in [0.2, 0.25) is 0 Å². The fraction of sp³-hybridized carbons (Fsp3) is 0.471. The van der Waals surface area contributed by atoms with Crippen molar-refractivity contribution in [2.75, 3.05) is 13.2 Å². The molecule has 1 aromatic heterocycles. The molecule has 1 aromatic carbocycles. The lowest BCUT2D eigenvalue weighted by Gasteiger charge is -2.15. The maximum Gasteiger partial charge on any atom is 0.337 e. The summed E-state index contributed by atoms with van der Waals surface area (Å²) >= 11 is 0. The number of carboxylic acid groups (broad SMARTS) is 1. The third-order valence-corrected chi connectivity index (χ3v) is 4.19. The van der Waals surface area contributed by atoms with Gasteiger partial charge in [-0.05, 0) is 37.1 Å². The van der Waals surface area contributed by atoms with Gasteiger partial charge in [0.1, 0.15) is 0 Å². The fourth-order valence-electron chi connectivity index (χ4n) is 3.09. The number of aryl methyl sites for hydroxylation is 1. The molecule has 22 heavy (non-hydrogen) atoms. The summed E-state index contributed by atoms with van der Waals surface area (Å²) in [7, 11) is 1.89. The lowest BCUT2D eigenvalue weighted by atomic mass is 10.1. The summed E-state index contributed by atoms with van der Waals surface area (Å²) < 4.78 is 7.50. The number of carbonyl (C=O) groups is 1. The van der Waals surface area contributed by atoms with E-state index in [0.29, 0.717) is 5.56 Å². The first-order valence-corrected chi connectivity index (χ1v) is 7.63. The molecule has 0 saturated heterocycles. The van der Waals surface area contributed by atoms with Crippen LogP contribution in [-0.2, 0) is 24.9 Å². The number of benzene rings is 1. The van der Waals surface area contributed by atoms with E-state index in [2.05, 4.69) is 11.0 Å². The van der Waals surface area contributed by atoms with E-state index >= 15 is 0 Å². The number of carboxylic acids is 1. The summed E-state index contributed by atoms with van der Waals surface area (Å²) in [6, 6.07) is 4.16. The standard InChI is InChI=1S/C17H22N2O3/c1-11(2)22-5-4-19-8-12-6-14-15(17(20)21)10-18(3)16(14)7-13(12)9-19/h6-7,10-11H,4-5,8-9H2,1-3H3,(H,20,21). The van der Waals surface area contributed by atoms with Crippen LogP contribution in [0.25, 0.3) is 10.9 Å². The van der Waals surface area contributed by atoms with Crippen molar-refractivity contribution >= 4 is 16.9 Å². The third-order valence-electron chi connectivity index (χ3n) is 4.19. The highest BCUT2D eigenvalue weighted by Crippen LogP contribution is 2.30. The van der Waals surface area contributed by atoms with Gasteiger partial charge in [-0.1, -0.05) is 0 Å². The molecule has 1 N–H and O–H groups in total. The predicted molar refractivity (Wildman–Crippen MR) is 85.1 cm³/mol. The van der Waals surface area contributed by atoms with Gasteiger partial charge < -0.3 is 14.4 Å². The second-order valence-electron chi connectivity index (χ2n) is 6.23. The summed E-state index contributed by atoms with van der Waals surface area (Å²) in [4.78, 5) is 13.7. The third kappa shape index (κ3) is 2.74. The van der Waals surface area contributed by atoms with Gasteiger partial charge in [-0.25, -0.2) is 4.79 Å². The molecule has 5 nitrogen and oxygen atoms in total. The normalized spacial score (nSPS) is 14.9. The molecule has 2 aromatic rings. The molecule has 1 aliphatic heterocycles. The molecule has 0 aliphatic carbocycles. The average molecular weight is 302 g/mol. The number of rotatable bonds is 5. The molecule has 118 valence electrons. The van der Waals surface area contributed by atoms with E-state index in [-0.39, 0.29) is 6.10 Å². The molecule has 0 amide bonds. The van der Waals surface area contributed by atoms with E-state index in [1.807, 2.05) is 31.5 Å². The van der Waals surface area contributed by atoms with Crippen molar-refractivity contribution in [3.8, 4) is 0 Å². The first kappa shape index (κ1) is 15.1. The Morgan fingerprint density at radius 3 is 2.64 bits per heavy atom. The Kier molecular flexibility index (Phi) is 3.93. The maximum atomic E-state index is 11.4. The molecule has 0 bridgehead atoms. The molecule has 1 aliphatic rings. The summed E-state index contributed by atoms with van der Waals surface area (Å²) in [5.41, 5.74) is 3.87. The summed E-state index contributed by atoms with van der Waals surface area (Å²) in [5.74, 6) is -0.870. The van der Waals surface area contributed by atoms with E-state index in [1.54, 1.807) is 6.20 Å². The fourth-order valence-corrected chi connectivity index (χ4v) is 3.09. The number of aromatic carboxylic acids is 1. The monoisotopic (exact) mass is 302 g/mol. The zero-order chi connectivity index (χ0) is 15.9. The van der Waals surface area contributed by atoms with E-state index < -0.39 is 5.97 Å². The Hall–Kier alpha value is -1.85. The second-order valence-corrected chi connectivity index (χ2v) is 6.23. The highest BCUT2D eigenvalue weighted by atomic mass is 16.5. The predicted octanol–water partition coefficient (Wildman–Crippen LogP) is 2.62. The van der Waals surface area contributed by atoms with Gasteiger partial charge in [0.15, 0.2) is 0 Å². The van der Waals surface area contributed by atoms with Crippen molar-refractivity contribution in [2.24, 2.45) is 7.05 Å². The zero-order valence-corrected chi connectivity index (χ0v) is 13.3. The second kappa shape index (κ2) is 5.74. The molecule has 3 rings (SSSR count). The quantitative estimate of drug-likeness (QED) is 0.922. The van der Waals surface area contributed by atoms with Crippen molar-refractivity contribution in [1.29, 1.82) is 0 Å². The topological polar surface area (TPSA) is 54.7 Å². The Labute approximate surface area is 130 Å². The van der Waals surface area contributed by atoms with Gasteiger partial charge in [-0.15, -0.1) is 0 Å². The average Bonchev–Trinajstić information content (AvgIpc) is 2.97. The number of ether oxygens (including phenoxy) is 1. The van der Waals surface area contributed by atoms with Crippen LogP contribution in [0.1, 0.15) is 35.3 Å². The van der Waals surface area contributed by atoms with Crippen LogP contribution in [0.4, 0.5) is 0 Å². The minimum absolute atomic E-state index is 0.255. The molecule has 5 heteroatoms. The number of hydrogen-bond donors (Lipinski definition) is 1.